The van der Waals surface area contributed by atoms with Gasteiger partial charge in [0, 0.05) is 12.7 Å². The summed E-state index contributed by atoms with van der Waals surface area (Å²) in [7, 11) is 2.43. The smallest absolute Gasteiger partial charge is 0.432 e. The number of rotatable bonds is 5. The van der Waals surface area contributed by atoms with Gasteiger partial charge in [0.25, 0.3) is 5.60 Å². The number of aryl methyl sites for hydroxylation is 2. The van der Waals surface area contributed by atoms with Crippen LogP contribution >= 0.6 is 0 Å². The van der Waals surface area contributed by atoms with E-state index in [1.165, 1.54) is 24.3 Å². The number of carbonyl (C=O) groups is 1. The second-order valence-electron chi connectivity index (χ2n) is 9.29. The van der Waals surface area contributed by atoms with Crippen LogP contribution in [0.4, 0.5) is 13.2 Å². The van der Waals surface area contributed by atoms with E-state index in [9.17, 15) is 18.0 Å². The number of benzene rings is 3. The predicted molar refractivity (Wildman–Crippen MR) is 136 cm³/mol. The highest BCUT2D eigenvalue weighted by atomic mass is 19.4. The number of methoxy groups -OCH3 is 2. The largest absolute Gasteiger partial charge is 0.493 e. The number of ether oxygens (including phenoxy) is 4. The van der Waals surface area contributed by atoms with Crippen LogP contribution in [0.2, 0.25) is 0 Å². The van der Waals surface area contributed by atoms with E-state index >= 15 is 0 Å². The van der Waals surface area contributed by atoms with E-state index in [1.54, 1.807) is 19.2 Å². The van der Waals surface area contributed by atoms with Crippen LogP contribution in [0.5, 0.6) is 17.2 Å². The number of hydrogen-bond acceptors (Lipinski definition) is 5. The van der Waals surface area contributed by atoms with Gasteiger partial charge in [-0.2, -0.15) is 13.2 Å². The fourth-order valence-corrected chi connectivity index (χ4v) is 4.72. The van der Waals surface area contributed by atoms with E-state index in [0.717, 1.165) is 31.1 Å². The van der Waals surface area contributed by atoms with Gasteiger partial charge in [0.2, 0.25) is 0 Å². The molecule has 0 radical (unpaired) electrons. The van der Waals surface area contributed by atoms with Crippen LogP contribution in [0.15, 0.2) is 72.8 Å². The second-order valence-corrected chi connectivity index (χ2v) is 9.29. The third-order valence-electron chi connectivity index (χ3n) is 6.82. The highest BCUT2D eigenvalue weighted by Crippen LogP contribution is 2.43. The Morgan fingerprint density at radius 3 is 2.24 bits per heavy atom. The lowest BCUT2D eigenvalue weighted by atomic mass is 9.92. The Kier molecular flexibility index (Phi) is 8.62. The molecule has 2 aliphatic heterocycles. The number of esters is 1. The van der Waals surface area contributed by atoms with E-state index in [-0.39, 0.29) is 5.56 Å². The standard InChI is InChI=1S/C30H31F3O5/c1-35-26-19-15-22-14-18-24(11-7-6-8-21-12-16-25(17-13-21)37-27(26)20-22)38-28(34)29(36-2,30(31,32)33)23-9-4-3-5-10-23/h3-5,9-10,12-13,15-17,19-20,24H,6-8,11,14,18H2,1-2H3/t24-,29+/m0/s1. The topological polar surface area (TPSA) is 54.0 Å². The van der Waals surface area contributed by atoms with Gasteiger partial charge in [-0.25, -0.2) is 4.79 Å². The highest BCUT2D eigenvalue weighted by molar-refractivity contribution is 5.82. The van der Waals surface area contributed by atoms with Crippen LogP contribution in [-0.2, 0) is 32.7 Å². The van der Waals surface area contributed by atoms with Crippen LogP contribution in [0.1, 0.15) is 42.4 Å². The molecule has 0 amide bonds. The zero-order chi connectivity index (χ0) is 27.2. The molecule has 0 fully saturated rings. The van der Waals surface area contributed by atoms with Crippen molar-refractivity contribution >= 4 is 5.97 Å². The molecule has 5 rings (SSSR count). The van der Waals surface area contributed by atoms with Crippen LogP contribution in [0, 0.1) is 0 Å². The summed E-state index contributed by atoms with van der Waals surface area (Å²) in [5.74, 6) is 0.300. The molecule has 3 aromatic carbocycles. The molecular weight excluding hydrogens is 497 g/mol. The molecule has 38 heavy (non-hydrogen) atoms. The van der Waals surface area contributed by atoms with Crippen LogP contribution < -0.4 is 9.47 Å². The molecule has 4 bridgehead atoms. The number of halogens is 3. The molecule has 3 aromatic rings. The molecule has 0 unspecified atom stereocenters. The van der Waals surface area contributed by atoms with Crippen molar-refractivity contribution in [3.05, 3.63) is 89.5 Å². The van der Waals surface area contributed by atoms with Gasteiger partial charge >= 0.3 is 12.1 Å². The molecule has 5 nitrogen and oxygen atoms in total. The minimum atomic E-state index is -5.02. The molecule has 0 saturated heterocycles. The molecule has 2 aliphatic rings. The lowest BCUT2D eigenvalue weighted by Gasteiger charge is -2.34. The molecule has 0 aromatic heterocycles. The van der Waals surface area contributed by atoms with Crippen molar-refractivity contribution in [2.45, 2.75) is 56.4 Å². The van der Waals surface area contributed by atoms with Gasteiger partial charge in [-0.15, -0.1) is 0 Å². The summed E-state index contributed by atoms with van der Waals surface area (Å²) >= 11 is 0. The normalized spacial score (nSPS) is 17.9. The maximum Gasteiger partial charge on any atom is 0.432 e. The third-order valence-corrected chi connectivity index (χ3v) is 6.82. The highest BCUT2D eigenvalue weighted by Gasteiger charge is 2.64. The van der Waals surface area contributed by atoms with Crippen molar-refractivity contribution in [1.82, 2.24) is 0 Å². The minimum absolute atomic E-state index is 0.322. The quantitative estimate of drug-likeness (QED) is 0.329. The maximum absolute atomic E-state index is 14.4. The maximum atomic E-state index is 14.4. The van der Waals surface area contributed by atoms with Crippen LogP contribution in [0.3, 0.4) is 0 Å². The first-order chi connectivity index (χ1) is 18.3. The molecule has 2 atom stereocenters. The number of fused-ring (bicyclic) bond motifs is 8. The number of alkyl halides is 3. The van der Waals surface area contributed by atoms with Crippen molar-refractivity contribution in [3.63, 3.8) is 0 Å². The van der Waals surface area contributed by atoms with Gasteiger partial charge < -0.3 is 18.9 Å². The SMILES string of the molecule is COc1ccc2cc1Oc1ccc(cc1)CCCC[C@H](OC(=O)[C@](OC)(c1ccccc1)C(F)(F)F)CC2. The average molecular weight is 529 g/mol. The Morgan fingerprint density at radius 2 is 1.58 bits per heavy atom. The molecular formula is C30H31F3O5. The van der Waals surface area contributed by atoms with E-state index < -0.39 is 23.9 Å². The van der Waals surface area contributed by atoms with Crippen molar-refractivity contribution in [2.75, 3.05) is 14.2 Å². The number of carbonyl (C=O) groups excluding carboxylic acids is 1. The first-order valence-corrected chi connectivity index (χ1v) is 12.6. The summed E-state index contributed by atoms with van der Waals surface area (Å²) in [5.41, 5.74) is -1.54. The van der Waals surface area contributed by atoms with Gasteiger partial charge in [0.05, 0.1) is 7.11 Å². The zero-order valence-electron chi connectivity index (χ0n) is 21.4. The summed E-state index contributed by atoms with van der Waals surface area (Å²) in [6.45, 7) is 0. The summed E-state index contributed by atoms with van der Waals surface area (Å²) in [6.07, 6.45) is -2.26. The Hall–Kier alpha value is -3.52. The van der Waals surface area contributed by atoms with E-state index in [1.807, 2.05) is 36.4 Å². The van der Waals surface area contributed by atoms with Crippen molar-refractivity contribution < 1.29 is 36.9 Å². The van der Waals surface area contributed by atoms with Gasteiger partial charge in [0.1, 0.15) is 11.9 Å². The molecule has 8 heteroatoms. The summed E-state index contributed by atoms with van der Waals surface area (Å²) in [4.78, 5) is 13.3. The number of hydrogen-bond donors (Lipinski definition) is 0. The third kappa shape index (κ3) is 5.96. The van der Waals surface area contributed by atoms with Gasteiger partial charge in [-0.3, -0.25) is 0 Å². The zero-order valence-corrected chi connectivity index (χ0v) is 21.4. The Balaban J connectivity index is 1.62. The van der Waals surface area contributed by atoms with Gasteiger partial charge in [-0.05, 0) is 73.9 Å². The Labute approximate surface area is 220 Å². The van der Waals surface area contributed by atoms with Crippen LogP contribution in [0.25, 0.3) is 0 Å². The first-order valence-electron chi connectivity index (χ1n) is 12.6. The summed E-state index contributed by atoms with van der Waals surface area (Å²) in [5, 5.41) is 0. The summed E-state index contributed by atoms with van der Waals surface area (Å²) < 4.78 is 65.2. The van der Waals surface area contributed by atoms with E-state index in [2.05, 4.69) is 0 Å². The Morgan fingerprint density at radius 1 is 0.868 bits per heavy atom. The molecule has 0 N–H and O–H groups in total. The van der Waals surface area contributed by atoms with Gasteiger partial charge in [-0.1, -0.05) is 48.5 Å². The van der Waals surface area contributed by atoms with E-state index in [0.29, 0.717) is 42.9 Å². The fourth-order valence-electron chi connectivity index (χ4n) is 4.72. The van der Waals surface area contributed by atoms with E-state index in [4.69, 9.17) is 18.9 Å². The predicted octanol–water partition coefficient (Wildman–Crippen LogP) is 7.16. The molecule has 0 spiro atoms. The van der Waals surface area contributed by atoms with Crippen LogP contribution in [-0.4, -0.2) is 32.5 Å². The van der Waals surface area contributed by atoms with Crippen molar-refractivity contribution in [2.24, 2.45) is 0 Å². The molecule has 202 valence electrons. The van der Waals surface area contributed by atoms with Crippen molar-refractivity contribution in [1.29, 1.82) is 0 Å². The monoisotopic (exact) mass is 528 g/mol. The average Bonchev–Trinajstić information content (AvgIpc) is 2.91. The lowest BCUT2D eigenvalue weighted by molar-refractivity contribution is -0.278. The lowest BCUT2D eigenvalue weighted by Crippen LogP contribution is -2.52. The first kappa shape index (κ1) is 27.5. The van der Waals surface area contributed by atoms with Gasteiger partial charge in [0.15, 0.2) is 11.5 Å². The minimum Gasteiger partial charge on any atom is -0.493 e. The molecule has 0 saturated carbocycles. The van der Waals surface area contributed by atoms with Crippen molar-refractivity contribution in [3.8, 4) is 17.2 Å². The molecule has 0 aliphatic carbocycles. The summed E-state index contributed by atoms with van der Waals surface area (Å²) in [6, 6.07) is 20.1. The molecule has 2 heterocycles. The fraction of sp³-hybridized carbons (Fsp3) is 0.367. The second kappa shape index (κ2) is 11.9. The Bertz CT molecular complexity index is 1210.